The summed E-state index contributed by atoms with van der Waals surface area (Å²) in [6.45, 7) is 5.46. The maximum atomic E-state index is 10.6. The number of unbranched alkanes of at least 4 members (excludes halogenated alkanes) is 5. The van der Waals surface area contributed by atoms with E-state index >= 15 is 0 Å². The fourth-order valence-corrected chi connectivity index (χ4v) is 2.14. The van der Waals surface area contributed by atoms with Crippen molar-refractivity contribution in [1.82, 2.24) is 0 Å². The first kappa shape index (κ1) is 22.9. The maximum absolute atomic E-state index is 10.6. The summed E-state index contributed by atoms with van der Waals surface area (Å²) < 4.78 is 11.5. The van der Waals surface area contributed by atoms with Crippen LogP contribution >= 0.6 is 0 Å². The lowest BCUT2D eigenvalue weighted by Crippen LogP contribution is -2.18. The Hall–Kier alpha value is -1.13. The van der Waals surface area contributed by atoms with Gasteiger partial charge in [0.15, 0.2) is 6.29 Å². The van der Waals surface area contributed by atoms with Crippen molar-refractivity contribution in [3.63, 3.8) is 0 Å². The van der Waals surface area contributed by atoms with E-state index in [4.69, 9.17) is 14.6 Å². The van der Waals surface area contributed by atoms with Gasteiger partial charge in [0.25, 0.3) is 0 Å². The molecule has 0 amide bonds. The minimum absolute atomic E-state index is 0.209. The fraction of sp³-hybridized carbons (Fsp3) is 0.750. The summed E-state index contributed by atoms with van der Waals surface area (Å²) in [4.78, 5) is 10.6. The van der Waals surface area contributed by atoms with Crippen molar-refractivity contribution in [3.05, 3.63) is 24.3 Å². The Kier molecular flexibility index (Phi) is 17.4. The molecule has 24 heavy (non-hydrogen) atoms. The van der Waals surface area contributed by atoms with Crippen LogP contribution in [-0.2, 0) is 14.3 Å². The normalized spacial score (nSPS) is 12.0. The van der Waals surface area contributed by atoms with E-state index in [1.54, 1.807) is 0 Å². The Labute approximate surface area is 147 Å². The average Bonchev–Trinajstić information content (AvgIpc) is 2.56. The van der Waals surface area contributed by atoms with Gasteiger partial charge in [0, 0.05) is 6.42 Å². The van der Waals surface area contributed by atoms with E-state index in [1.165, 1.54) is 25.7 Å². The zero-order valence-corrected chi connectivity index (χ0v) is 15.5. The number of carboxylic acid groups (broad SMARTS) is 1. The third-order valence-corrected chi connectivity index (χ3v) is 3.62. The lowest BCUT2D eigenvalue weighted by Gasteiger charge is -2.16. The van der Waals surface area contributed by atoms with Crippen molar-refractivity contribution in [2.24, 2.45) is 0 Å². The number of carbonyl (C=O) groups is 1. The second-order valence-electron chi connectivity index (χ2n) is 5.96. The maximum Gasteiger partial charge on any atom is 0.303 e. The molecule has 0 heterocycles. The molecule has 0 aliphatic rings. The van der Waals surface area contributed by atoms with Crippen LogP contribution in [0.1, 0.15) is 78.1 Å². The monoisotopic (exact) mass is 340 g/mol. The summed E-state index contributed by atoms with van der Waals surface area (Å²) in [5, 5.41) is 8.69. The van der Waals surface area contributed by atoms with Gasteiger partial charge in [-0.1, -0.05) is 63.8 Å². The van der Waals surface area contributed by atoms with Crippen LogP contribution in [-0.4, -0.2) is 30.6 Å². The van der Waals surface area contributed by atoms with Crippen molar-refractivity contribution in [3.8, 4) is 0 Å². The highest BCUT2D eigenvalue weighted by molar-refractivity contribution is 5.66. The molecule has 0 saturated heterocycles. The predicted octanol–water partition coefficient (Wildman–Crippen LogP) is 5.48. The van der Waals surface area contributed by atoms with Crippen LogP contribution in [0.4, 0.5) is 0 Å². The molecule has 4 heteroatoms. The second-order valence-corrected chi connectivity index (χ2v) is 5.96. The van der Waals surface area contributed by atoms with Crippen molar-refractivity contribution in [2.45, 2.75) is 84.3 Å². The van der Waals surface area contributed by atoms with E-state index in [-0.39, 0.29) is 12.7 Å². The van der Waals surface area contributed by atoms with Crippen molar-refractivity contribution < 1.29 is 19.4 Å². The lowest BCUT2D eigenvalue weighted by atomic mass is 10.2. The van der Waals surface area contributed by atoms with Crippen LogP contribution in [0.2, 0.25) is 0 Å². The zero-order chi connectivity index (χ0) is 17.9. The second kappa shape index (κ2) is 18.2. The molecule has 0 aromatic heterocycles. The van der Waals surface area contributed by atoms with Crippen LogP contribution in [0, 0.1) is 0 Å². The quantitative estimate of drug-likeness (QED) is 0.216. The predicted molar refractivity (Wildman–Crippen MR) is 99.1 cm³/mol. The third-order valence-electron chi connectivity index (χ3n) is 3.62. The topological polar surface area (TPSA) is 55.8 Å². The lowest BCUT2D eigenvalue weighted by molar-refractivity contribution is -0.138. The van der Waals surface area contributed by atoms with Gasteiger partial charge in [-0.15, -0.1) is 0 Å². The summed E-state index contributed by atoms with van der Waals surface area (Å²) in [5.41, 5.74) is 0. The molecule has 0 aromatic rings. The molecule has 1 N–H and O–H groups in total. The highest BCUT2D eigenvalue weighted by Gasteiger charge is 2.08. The standard InChI is InChI=1S/C20H36O4/c1-3-5-7-9-13-17-23-20(16-12-11-15-19(21)22)24-18-14-10-8-6-4-2/h9-10,13-14,20H,3-8,11-12,15-18H2,1-2H3,(H,21,22)/b13-9+,14-10+. The molecule has 0 bridgehead atoms. The number of hydrogen-bond acceptors (Lipinski definition) is 3. The number of ether oxygens (including phenoxy) is 2. The molecule has 0 saturated carbocycles. The van der Waals surface area contributed by atoms with Gasteiger partial charge < -0.3 is 14.6 Å². The summed E-state index contributed by atoms with van der Waals surface area (Å²) in [5.74, 6) is -0.744. The summed E-state index contributed by atoms with van der Waals surface area (Å²) in [6.07, 6.45) is 17.5. The van der Waals surface area contributed by atoms with Gasteiger partial charge in [0.2, 0.25) is 0 Å². The average molecular weight is 341 g/mol. The molecule has 0 aliphatic heterocycles. The van der Waals surface area contributed by atoms with Crippen LogP contribution in [0.5, 0.6) is 0 Å². The molecule has 0 aliphatic carbocycles. The van der Waals surface area contributed by atoms with Crippen molar-refractivity contribution >= 4 is 5.97 Å². The molecule has 0 aromatic carbocycles. The first-order valence-electron chi connectivity index (χ1n) is 9.45. The number of aliphatic carboxylic acids is 1. The van der Waals surface area contributed by atoms with E-state index in [9.17, 15) is 4.79 Å². The molecule has 140 valence electrons. The molecule has 0 rings (SSSR count). The number of hydrogen-bond donors (Lipinski definition) is 1. The third kappa shape index (κ3) is 17.2. The van der Waals surface area contributed by atoms with Gasteiger partial charge in [0.05, 0.1) is 13.2 Å². The summed E-state index contributed by atoms with van der Waals surface area (Å²) in [6, 6.07) is 0. The molecule has 0 spiro atoms. The van der Waals surface area contributed by atoms with E-state index < -0.39 is 5.97 Å². The van der Waals surface area contributed by atoms with Crippen molar-refractivity contribution in [1.29, 1.82) is 0 Å². The first-order chi connectivity index (χ1) is 11.7. The van der Waals surface area contributed by atoms with Crippen LogP contribution < -0.4 is 0 Å². The largest absolute Gasteiger partial charge is 0.481 e. The molecular formula is C20H36O4. The van der Waals surface area contributed by atoms with E-state index in [1.807, 2.05) is 12.2 Å². The van der Waals surface area contributed by atoms with Crippen LogP contribution in [0.3, 0.4) is 0 Å². The van der Waals surface area contributed by atoms with Crippen LogP contribution in [0.15, 0.2) is 24.3 Å². The number of rotatable bonds is 17. The molecule has 0 fully saturated rings. The minimum atomic E-state index is -0.744. The molecule has 0 unspecified atom stereocenters. The molecule has 0 radical (unpaired) electrons. The Balaban J connectivity index is 4.00. The zero-order valence-electron chi connectivity index (χ0n) is 15.5. The molecule has 0 atom stereocenters. The van der Waals surface area contributed by atoms with Crippen molar-refractivity contribution in [2.75, 3.05) is 13.2 Å². The first-order valence-corrected chi connectivity index (χ1v) is 9.45. The van der Waals surface area contributed by atoms with Gasteiger partial charge in [0.1, 0.15) is 0 Å². The Bertz CT molecular complexity index is 315. The molecule has 4 nitrogen and oxygen atoms in total. The SMILES string of the molecule is CCCC/C=C/COC(CCCCC(=O)O)OC/C=C/CCCC. The van der Waals surface area contributed by atoms with Gasteiger partial charge in [-0.2, -0.15) is 0 Å². The Morgan fingerprint density at radius 2 is 1.42 bits per heavy atom. The summed E-state index contributed by atoms with van der Waals surface area (Å²) >= 11 is 0. The highest BCUT2D eigenvalue weighted by atomic mass is 16.7. The van der Waals surface area contributed by atoms with Crippen LogP contribution in [0.25, 0.3) is 0 Å². The smallest absolute Gasteiger partial charge is 0.303 e. The van der Waals surface area contributed by atoms with E-state index in [0.29, 0.717) is 19.6 Å². The number of carboxylic acids is 1. The fourth-order valence-electron chi connectivity index (χ4n) is 2.14. The van der Waals surface area contributed by atoms with Gasteiger partial charge in [-0.25, -0.2) is 0 Å². The van der Waals surface area contributed by atoms with Gasteiger partial charge >= 0.3 is 5.97 Å². The molecular weight excluding hydrogens is 304 g/mol. The van der Waals surface area contributed by atoms with E-state index in [0.717, 1.165) is 25.7 Å². The summed E-state index contributed by atoms with van der Waals surface area (Å²) in [7, 11) is 0. The van der Waals surface area contributed by atoms with Gasteiger partial charge in [-0.3, -0.25) is 4.79 Å². The Morgan fingerprint density at radius 3 is 1.88 bits per heavy atom. The Morgan fingerprint density at radius 1 is 0.875 bits per heavy atom. The minimum Gasteiger partial charge on any atom is -0.481 e. The number of allylic oxidation sites excluding steroid dienone is 2. The highest BCUT2D eigenvalue weighted by Crippen LogP contribution is 2.09. The van der Waals surface area contributed by atoms with E-state index in [2.05, 4.69) is 26.0 Å². The van der Waals surface area contributed by atoms with Gasteiger partial charge in [-0.05, 0) is 32.1 Å².